The second-order valence-corrected chi connectivity index (χ2v) is 6.10. The number of hydrogen-bond donors (Lipinski definition) is 1. The Morgan fingerprint density at radius 1 is 1.32 bits per heavy atom. The Balaban J connectivity index is 2.09. The van der Waals surface area contributed by atoms with Gasteiger partial charge in [-0.2, -0.15) is 0 Å². The highest BCUT2D eigenvalue weighted by Crippen LogP contribution is 2.20. The minimum absolute atomic E-state index is 0.0672. The van der Waals surface area contributed by atoms with Crippen LogP contribution in [0.2, 0.25) is 0 Å². The number of piperazine rings is 1. The molecule has 1 atom stereocenters. The summed E-state index contributed by atoms with van der Waals surface area (Å²) in [5.74, 6) is -0.0672. The largest absolute Gasteiger partial charge is 0.309 e. The van der Waals surface area contributed by atoms with Crippen molar-refractivity contribution >= 4 is 0 Å². The van der Waals surface area contributed by atoms with Crippen LogP contribution >= 0.6 is 0 Å². The fourth-order valence-electron chi connectivity index (χ4n) is 2.90. The predicted molar refractivity (Wildman–Crippen MR) is 77.8 cm³/mol. The summed E-state index contributed by atoms with van der Waals surface area (Å²) in [6.07, 6.45) is 1.13. The molecule has 106 valence electrons. The van der Waals surface area contributed by atoms with Crippen molar-refractivity contribution in [3.8, 4) is 0 Å². The fourth-order valence-corrected chi connectivity index (χ4v) is 2.90. The fraction of sp³-hybridized carbons (Fsp3) is 0.625. The second-order valence-electron chi connectivity index (χ2n) is 6.10. The maximum Gasteiger partial charge on any atom is 0.129 e. The molecule has 1 fully saturated rings. The van der Waals surface area contributed by atoms with Crippen molar-refractivity contribution in [3.05, 3.63) is 34.6 Å². The lowest BCUT2D eigenvalue weighted by Crippen LogP contribution is -2.58. The monoisotopic (exact) mass is 264 g/mol. The molecule has 1 heterocycles. The van der Waals surface area contributed by atoms with Gasteiger partial charge in [-0.25, -0.2) is 4.39 Å². The minimum atomic E-state index is -0.0672. The lowest BCUT2D eigenvalue weighted by molar-refractivity contribution is 0.133. The van der Waals surface area contributed by atoms with Gasteiger partial charge in [-0.1, -0.05) is 19.1 Å². The summed E-state index contributed by atoms with van der Waals surface area (Å²) in [4.78, 5) is 2.46. The predicted octanol–water partition coefficient (Wildman–Crippen LogP) is 3.02. The van der Waals surface area contributed by atoms with E-state index >= 15 is 0 Å². The van der Waals surface area contributed by atoms with Gasteiger partial charge in [0.2, 0.25) is 0 Å². The van der Waals surface area contributed by atoms with Crippen LogP contribution in [0.3, 0.4) is 0 Å². The highest BCUT2D eigenvalue weighted by molar-refractivity contribution is 5.30. The topological polar surface area (TPSA) is 15.3 Å². The normalized spacial score (nSPS) is 24.7. The molecule has 0 saturated carbocycles. The van der Waals surface area contributed by atoms with E-state index in [0.717, 1.165) is 43.7 Å². The third-order valence-electron chi connectivity index (χ3n) is 4.24. The summed E-state index contributed by atoms with van der Waals surface area (Å²) in [5, 5.41) is 3.59. The van der Waals surface area contributed by atoms with Crippen LogP contribution in [0, 0.1) is 19.7 Å². The first kappa shape index (κ1) is 14.5. The van der Waals surface area contributed by atoms with Crippen LogP contribution in [0.15, 0.2) is 12.1 Å². The summed E-state index contributed by atoms with van der Waals surface area (Å²) in [6.45, 7) is 12.3. The van der Waals surface area contributed by atoms with E-state index in [1.165, 1.54) is 5.56 Å². The minimum Gasteiger partial charge on any atom is -0.309 e. The van der Waals surface area contributed by atoms with Gasteiger partial charge in [0.25, 0.3) is 0 Å². The molecule has 0 bridgehead atoms. The molecule has 0 aromatic heterocycles. The summed E-state index contributed by atoms with van der Waals surface area (Å²) in [5.41, 5.74) is 2.94. The maximum atomic E-state index is 13.6. The first-order valence-electron chi connectivity index (χ1n) is 7.16. The molecule has 0 aliphatic carbocycles. The molecule has 1 aromatic carbocycles. The average molecular weight is 264 g/mol. The van der Waals surface area contributed by atoms with Gasteiger partial charge in [0.15, 0.2) is 0 Å². The van der Waals surface area contributed by atoms with Gasteiger partial charge in [0.1, 0.15) is 5.82 Å². The summed E-state index contributed by atoms with van der Waals surface area (Å²) in [7, 11) is 0. The lowest BCUT2D eigenvalue weighted by atomic mass is 9.95. The Labute approximate surface area is 116 Å². The van der Waals surface area contributed by atoms with Gasteiger partial charge in [-0.05, 0) is 43.9 Å². The summed E-state index contributed by atoms with van der Waals surface area (Å²) in [6, 6.07) is 3.96. The van der Waals surface area contributed by atoms with Gasteiger partial charge in [0, 0.05) is 31.7 Å². The smallest absolute Gasteiger partial charge is 0.129 e. The third kappa shape index (κ3) is 3.34. The molecule has 1 saturated heterocycles. The Morgan fingerprint density at radius 3 is 2.53 bits per heavy atom. The van der Waals surface area contributed by atoms with E-state index < -0.39 is 0 Å². The van der Waals surface area contributed by atoms with E-state index in [0.29, 0.717) is 0 Å². The zero-order valence-corrected chi connectivity index (χ0v) is 12.5. The highest BCUT2D eigenvalue weighted by atomic mass is 19.1. The number of aryl methyl sites for hydroxylation is 2. The van der Waals surface area contributed by atoms with Crippen LogP contribution in [0.4, 0.5) is 4.39 Å². The molecule has 2 rings (SSSR count). The Bertz CT molecular complexity index is 435. The SMILES string of the molecule is CCC1(C)CN(Cc2cc(C)c(F)c(C)c2)CCN1. The van der Waals surface area contributed by atoms with Gasteiger partial charge >= 0.3 is 0 Å². The number of nitrogens with one attached hydrogen (secondary N) is 1. The molecule has 1 N–H and O–H groups in total. The number of rotatable bonds is 3. The van der Waals surface area contributed by atoms with E-state index in [1.807, 2.05) is 26.0 Å². The van der Waals surface area contributed by atoms with Gasteiger partial charge in [0.05, 0.1) is 0 Å². The molecule has 2 nitrogen and oxygen atoms in total. The van der Waals surface area contributed by atoms with Crippen LogP contribution < -0.4 is 5.32 Å². The first-order chi connectivity index (χ1) is 8.93. The van der Waals surface area contributed by atoms with Gasteiger partial charge in [-0.15, -0.1) is 0 Å². The van der Waals surface area contributed by atoms with Crippen molar-refractivity contribution in [2.24, 2.45) is 0 Å². The Morgan fingerprint density at radius 2 is 1.95 bits per heavy atom. The van der Waals surface area contributed by atoms with Crippen LogP contribution in [0.5, 0.6) is 0 Å². The summed E-state index contributed by atoms with van der Waals surface area (Å²) < 4.78 is 13.6. The van der Waals surface area contributed by atoms with E-state index in [2.05, 4.69) is 24.1 Å². The van der Waals surface area contributed by atoms with Crippen molar-refractivity contribution < 1.29 is 4.39 Å². The van der Waals surface area contributed by atoms with E-state index in [9.17, 15) is 4.39 Å². The van der Waals surface area contributed by atoms with Crippen molar-refractivity contribution in [1.82, 2.24) is 10.2 Å². The van der Waals surface area contributed by atoms with Crippen LogP contribution in [-0.2, 0) is 6.54 Å². The standard InChI is InChI=1S/C16H25FN2/c1-5-16(4)11-19(7-6-18-16)10-14-8-12(2)15(17)13(3)9-14/h8-9,18H,5-7,10-11H2,1-4H3. The van der Waals surface area contributed by atoms with E-state index in [-0.39, 0.29) is 11.4 Å². The zero-order chi connectivity index (χ0) is 14.0. The molecule has 1 aliphatic heterocycles. The molecular weight excluding hydrogens is 239 g/mol. The molecule has 3 heteroatoms. The first-order valence-corrected chi connectivity index (χ1v) is 7.16. The highest BCUT2D eigenvalue weighted by Gasteiger charge is 2.28. The van der Waals surface area contributed by atoms with E-state index in [1.54, 1.807) is 0 Å². The quantitative estimate of drug-likeness (QED) is 0.903. The second kappa shape index (κ2) is 5.59. The van der Waals surface area contributed by atoms with Gasteiger partial charge < -0.3 is 5.32 Å². The number of hydrogen-bond acceptors (Lipinski definition) is 2. The van der Waals surface area contributed by atoms with E-state index in [4.69, 9.17) is 0 Å². The van der Waals surface area contributed by atoms with Crippen molar-refractivity contribution in [2.75, 3.05) is 19.6 Å². The number of benzene rings is 1. The van der Waals surface area contributed by atoms with Crippen molar-refractivity contribution in [3.63, 3.8) is 0 Å². The van der Waals surface area contributed by atoms with Gasteiger partial charge in [-0.3, -0.25) is 4.90 Å². The molecule has 1 unspecified atom stereocenters. The molecule has 1 aliphatic rings. The average Bonchev–Trinajstić information content (AvgIpc) is 2.36. The zero-order valence-electron chi connectivity index (χ0n) is 12.5. The van der Waals surface area contributed by atoms with Crippen molar-refractivity contribution in [2.45, 2.75) is 46.2 Å². The number of nitrogens with zero attached hydrogens (tertiary/aromatic N) is 1. The van der Waals surface area contributed by atoms with Crippen LogP contribution in [-0.4, -0.2) is 30.1 Å². The molecule has 0 amide bonds. The number of halogens is 1. The molecule has 0 radical (unpaired) electrons. The van der Waals surface area contributed by atoms with Crippen LogP contribution in [0.1, 0.15) is 37.0 Å². The van der Waals surface area contributed by atoms with Crippen molar-refractivity contribution in [1.29, 1.82) is 0 Å². The molecule has 19 heavy (non-hydrogen) atoms. The maximum absolute atomic E-state index is 13.6. The van der Waals surface area contributed by atoms with Crippen LogP contribution in [0.25, 0.3) is 0 Å². The lowest BCUT2D eigenvalue weighted by Gasteiger charge is -2.41. The Kier molecular flexibility index (Phi) is 4.26. The third-order valence-corrected chi connectivity index (χ3v) is 4.24. The molecule has 0 spiro atoms. The summed E-state index contributed by atoms with van der Waals surface area (Å²) >= 11 is 0. The molecular formula is C16H25FN2. The molecule has 1 aromatic rings. The Hall–Kier alpha value is -0.930.